The van der Waals surface area contributed by atoms with E-state index >= 15 is 0 Å². The molecule has 1 aliphatic carbocycles. The van der Waals surface area contributed by atoms with Crippen LogP contribution < -0.4 is 5.32 Å². The number of amides is 1. The molecule has 0 aromatic carbocycles. The predicted octanol–water partition coefficient (Wildman–Crippen LogP) is 8.75. The molecule has 2 atom stereocenters. The number of nitrogens with zero attached hydrogens (tertiary/aromatic N) is 6. The van der Waals surface area contributed by atoms with Crippen LogP contribution in [0.5, 0.6) is 0 Å². The summed E-state index contributed by atoms with van der Waals surface area (Å²) in [6.07, 6.45) is 9.35. The molecule has 5 heterocycles. The van der Waals surface area contributed by atoms with Gasteiger partial charge in [-0.3, -0.25) is 4.79 Å². The number of aliphatic hydroxyl groups is 1. The lowest BCUT2D eigenvalue weighted by atomic mass is 9.86. The van der Waals surface area contributed by atoms with Crippen LogP contribution in [0.4, 0.5) is 0 Å². The van der Waals surface area contributed by atoms with Crippen LogP contribution >= 0.6 is 15.9 Å². The molecule has 2 N–H and O–H groups in total. The Hall–Kier alpha value is -3.60. The van der Waals surface area contributed by atoms with E-state index in [-0.39, 0.29) is 17.7 Å². The smallest absolute Gasteiger partial charge is 0.222 e. The number of aliphatic hydroxyl groups excluding tert-OH is 1. The maximum absolute atomic E-state index is 14.2. The van der Waals surface area contributed by atoms with Gasteiger partial charge in [0.25, 0.3) is 0 Å². The minimum Gasteiger partial charge on any atom is -0.511 e. The molecule has 0 unspecified atom stereocenters. The van der Waals surface area contributed by atoms with Crippen molar-refractivity contribution in [2.45, 2.75) is 86.5 Å². The van der Waals surface area contributed by atoms with Crippen LogP contribution in [-0.2, 0) is 4.79 Å². The lowest BCUT2D eigenvalue weighted by molar-refractivity contribution is -0.870. The van der Waals surface area contributed by atoms with Crippen LogP contribution in [0.3, 0.4) is 0 Å². The van der Waals surface area contributed by atoms with Crippen molar-refractivity contribution in [1.82, 2.24) is 10.2 Å². The van der Waals surface area contributed by atoms with E-state index in [1.165, 1.54) is 11.1 Å². The zero-order valence-electron chi connectivity index (χ0n) is 35.2. The highest BCUT2D eigenvalue weighted by Crippen LogP contribution is 2.48. The predicted molar refractivity (Wildman–Crippen MR) is 230 cm³/mol. The monoisotopic (exact) mass is 812 g/mol. The SMILES string of the molecule is [CH2-][N+](C)(C)CCCN(CCC[N+](C)(C)C)C(=O)CC[C@@H]1C2=C3CC(O)=C4C3=NC(=C4C)C=C3N=C(C=C4N=C(C(C)=C4CC)C(Br)=C(N2)[C@H]1C)C(C)=C3CC. The summed E-state index contributed by atoms with van der Waals surface area (Å²) in [5.41, 5.74) is 15.1. The van der Waals surface area contributed by atoms with Crippen LogP contribution in [0.25, 0.3) is 0 Å². The van der Waals surface area contributed by atoms with Crippen LogP contribution in [0, 0.1) is 18.9 Å². The van der Waals surface area contributed by atoms with Gasteiger partial charge in [-0.05, 0) is 96.0 Å². The number of aliphatic imine (C=N–C) groups is 3. The van der Waals surface area contributed by atoms with Gasteiger partial charge >= 0.3 is 0 Å². The number of nitrogens with one attached hydrogen (secondary N) is 1. The van der Waals surface area contributed by atoms with Gasteiger partial charge in [-0.2, -0.15) is 0 Å². The van der Waals surface area contributed by atoms with Crippen molar-refractivity contribution >= 4 is 39.0 Å². The highest BCUT2D eigenvalue weighted by Gasteiger charge is 2.42. The third-order valence-corrected chi connectivity index (χ3v) is 12.9. The molecule has 296 valence electrons. The molecule has 0 spiro atoms. The van der Waals surface area contributed by atoms with Gasteiger partial charge in [-0.1, -0.05) is 20.8 Å². The summed E-state index contributed by atoms with van der Waals surface area (Å²) in [5.74, 6) is 0.629. The molecule has 6 aliphatic rings. The molecule has 0 saturated carbocycles. The molecule has 55 heavy (non-hydrogen) atoms. The van der Waals surface area contributed by atoms with Gasteiger partial charge in [-0.25, -0.2) is 15.0 Å². The minimum atomic E-state index is 0.0177. The second-order valence-electron chi connectivity index (χ2n) is 17.8. The van der Waals surface area contributed by atoms with Crippen molar-refractivity contribution in [3.8, 4) is 0 Å². The van der Waals surface area contributed by atoms with Crippen molar-refractivity contribution in [3.05, 3.63) is 96.9 Å². The third kappa shape index (κ3) is 8.28. The molecule has 10 heteroatoms. The lowest BCUT2D eigenvalue weighted by Crippen LogP contribution is -2.40. The number of quaternary nitrogens is 2. The maximum atomic E-state index is 14.2. The minimum absolute atomic E-state index is 0.0177. The molecule has 0 aromatic heterocycles. The average molecular weight is 814 g/mol. The molecule has 0 radical (unpaired) electrons. The van der Waals surface area contributed by atoms with E-state index in [0.29, 0.717) is 29.5 Å². The van der Waals surface area contributed by atoms with E-state index in [2.05, 4.69) is 122 Å². The second kappa shape index (κ2) is 15.7. The molecule has 1 saturated heterocycles. The Morgan fingerprint density at radius 2 is 1.55 bits per heavy atom. The van der Waals surface area contributed by atoms with Crippen LogP contribution in [0.1, 0.15) is 86.5 Å². The first-order valence-electron chi connectivity index (χ1n) is 20.2. The Kier molecular flexibility index (Phi) is 11.7. The van der Waals surface area contributed by atoms with Gasteiger partial charge < -0.3 is 24.3 Å². The Morgan fingerprint density at radius 1 is 0.909 bits per heavy atom. The first kappa shape index (κ1) is 41.0. The third-order valence-electron chi connectivity index (χ3n) is 12.1. The molecule has 8 bridgehead atoms. The maximum Gasteiger partial charge on any atom is 0.222 e. The number of hydrogen-bond donors (Lipinski definition) is 2. The van der Waals surface area contributed by atoms with E-state index in [4.69, 9.17) is 15.0 Å². The molecule has 9 nitrogen and oxygen atoms in total. The summed E-state index contributed by atoms with van der Waals surface area (Å²) < 4.78 is 2.45. The molecule has 1 fully saturated rings. The van der Waals surface area contributed by atoms with Gasteiger partial charge in [-0.15, -0.1) is 7.05 Å². The van der Waals surface area contributed by atoms with E-state index < -0.39 is 0 Å². The molecular formula is C45H63BrN7O2+. The normalized spacial score (nSPS) is 22.6. The summed E-state index contributed by atoms with van der Waals surface area (Å²) in [5, 5.41) is 15.4. The Morgan fingerprint density at radius 3 is 2.18 bits per heavy atom. The number of carbonyl (C=O) groups is 1. The Bertz CT molecular complexity index is 2010. The molecular weight excluding hydrogens is 750 g/mol. The first-order valence-corrected chi connectivity index (χ1v) is 21.0. The largest absolute Gasteiger partial charge is 0.511 e. The zero-order chi connectivity index (χ0) is 40.1. The zero-order valence-corrected chi connectivity index (χ0v) is 36.8. The summed E-state index contributed by atoms with van der Waals surface area (Å²) in [6.45, 7) is 16.4. The second-order valence-corrected chi connectivity index (χ2v) is 18.6. The fourth-order valence-corrected chi connectivity index (χ4v) is 9.77. The summed E-state index contributed by atoms with van der Waals surface area (Å²) >= 11 is 4.06. The number of rotatable bonds is 13. The van der Waals surface area contributed by atoms with E-state index in [1.807, 2.05) is 0 Å². The fourth-order valence-electron chi connectivity index (χ4n) is 8.92. The van der Waals surface area contributed by atoms with Crippen molar-refractivity contribution in [1.29, 1.82) is 0 Å². The number of carbonyl (C=O) groups excluding carboxylic acids is 1. The number of hydrogen-bond acceptors (Lipinski definition) is 6. The van der Waals surface area contributed by atoms with E-state index in [1.54, 1.807) is 0 Å². The number of halogens is 1. The van der Waals surface area contributed by atoms with E-state index in [9.17, 15) is 9.90 Å². The van der Waals surface area contributed by atoms with Crippen molar-refractivity contribution < 1.29 is 18.9 Å². The number of fused-ring (bicyclic) bond motifs is 5. The fraction of sp³-hybridized carbons (Fsp3) is 0.533. The molecule has 0 aromatic rings. The molecule has 6 rings (SSSR count). The van der Waals surface area contributed by atoms with Crippen molar-refractivity contribution in [2.75, 3.05) is 61.4 Å². The summed E-state index contributed by atoms with van der Waals surface area (Å²) in [6, 6.07) is 0. The van der Waals surface area contributed by atoms with Crippen molar-refractivity contribution in [3.63, 3.8) is 0 Å². The Labute approximate surface area is 338 Å². The Balaban J connectivity index is 1.42. The van der Waals surface area contributed by atoms with Crippen LogP contribution in [0.15, 0.2) is 105 Å². The lowest BCUT2D eigenvalue weighted by Gasteiger charge is -2.34. The number of allylic oxidation sites excluding steroid dienone is 12. The van der Waals surface area contributed by atoms with Crippen LogP contribution in [0.2, 0.25) is 0 Å². The topological polar surface area (TPSA) is 89.7 Å². The van der Waals surface area contributed by atoms with E-state index in [0.717, 1.165) is 134 Å². The summed E-state index contributed by atoms with van der Waals surface area (Å²) in [7, 11) is 15.1. The molecule has 5 aliphatic heterocycles. The molecule has 1 amide bonds. The highest BCUT2D eigenvalue weighted by molar-refractivity contribution is 9.12. The average Bonchev–Trinajstić information content (AvgIpc) is 3.86. The van der Waals surface area contributed by atoms with Gasteiger partial charge in [0, 0.05) is 87.2 Å². The first-order chi connectivity index (χ1) is 25.8. The summed E-state index contributed by atoms with van der Waals surface area (Å²) in [4.78, 5) is 32.0. The van der Waals surface area contributed by atoms with Crippen molar-refractivity contribution in [2.24, 2.45) is 26.8 Å². The van der Waals surface area contributed by atoms with Gasteiger partial charge in [0.15, 0.2) is 0 Å². The standard InChI is InChI=1S/C45H62BrN7O2/c1-13-30-26(3)34-24-37-31(14-2)27(4)42(49-37)41(46)43-28(5)32(17-18-39(55)51(19-15-21-52(7,8)9)20-16-22-53(10,11)12)44(50-43)33-23-38(54)40-29(6)35(48-45(33)40)25-36(30)47-34/h24-25,28,32H,7,13-23H2,1-6,8-12H3,(H-,47,48,49,50,54)/p+1/t28-,32-/m0/s1. The van der Waals surface area contributed by atoms with Gasteiger partial charge in [0.2, 0.25) is 5.91 Å². The highest BCUT2D eigenvalue weighted by atomic mass is 79.9. The van der Waals surface area contributed by atoms with Gasteiger partial charge in [0.05, 0.1) is 72.9 Å². The van der Waals surface area contributed by atoms with Crippen LogP contribution in [-0.4, -0.2) is 103 Å². The van der Waals surface area contributed by atoms with Gasteiger partial charge in [0.1, 0.15) is 5.76 Å². The quantitative estimate of drug-likeness (QED) is 0.144.